The number of hydrogen-bond acceptors (Lipinski definition) is 4. The highest BCUT2D eigenvalue weighted by atomic mass is 35.5. The van der Waals surface area contributed by atoms with Gasteiger partial charge in [-0.25, -0.2) is 4.98 Å². The van der Waals surface area contributed by atoms with E-state index in [1.165, 1.54) is 0 Å². The van der Waals surface area contributed by atoms with Gasteiger partial charge in [-0.05, 0) is 18.9 Å². The van der Waals surface area contributed by atoms with Gasteiger partial charge in [0, 0.05) is 24.3 Å². The van der Waals surface area contributed by atoms with Crippen LogP contribution in [-0.4, -0.2) is 35.1 Å². The quantitative estimate of drug-likeness (QED) is 0.528. The third kappa shape index (κ3) is 3.58. The summed E-state index contributed by atoms with van der Waals surface area (Å²) in [6.07, 6.45) is 3.45. The Morgan fingerprint density at radius 1 is 1.53 bits per heavy atom. The molecule has 1 heterocycles. The van der Waals surface area contributed by atoms with Gasteiger partial charge < -0.3 is 15.7 Å². The Hall–Kier alpha value is -1.33. The van der Waals surface area contributed by atoms with Crippen molar-refractivity contribution in [1.82, 2.24) is 4.98 Å². The van der Waals surface area contributed by atoms with Gasteiger partial charge in [0.15, 0.2) is 0 Å². The number of hydrogen-bond donors (Lipinski definition) is 3. The van der Waals surface area contributed by atoms with Crippen molar-refractivity contribution in [1.29, 1.82) is 5.41 Å². The van der Waals surface area contributed by atoms with E-state index < -0.39 is 0 Å². The summed E-state index contributed by atoms with van der Waals surface area (Å²) in [6.45, 7) is 4.65. The van der Waals surface area contributed by atoms with E-state index in [4.69, 9.17) is 22.7 Å². The molecule has 0 bridgehead atoms. The number of aromatic nitrogens is 1. The van der Waals surface area contributed by atoms with Crippen molar-refractivity contribution in [3.63, 3.8) is 0 Å². The van der Waals surface area contributed by atoms with Crippen LogP contribution in [0.2, 0.25) is 5.02 Å². The highest BCUT2D eigenvalue weighted by molar-refractivity contribution is 6.36. The van der Waals surface area contributed by atoms with E-state index in [0.717, 1.165) is 12.8 Å². The van der Waals surface area contributed by atoms with Gasteiger partial charge in [0.25, 0.3) is 0 Å². The number of nitrogens with two attached hydrogens (primary N) is 1. The van der Waals surface area contributed by atoms with Crippen LogP contribution in [0.25, 0.3) is 0 Å². The average molecular weight is 285 g/mol. The number of nitrogen functional groups attached to an aromatic ring is 1. The lowest BCUT2D eigenvalue weighted by molar-refractivity contribution is 0.295. The molecule has 0 saturated carbocycles. The minimum Gasteiger partial charge on any atom is -0.395 e. The van der Waals surface area contributed by atoms with Crippen LogP contribution in [0.15, 0.2) is 12.3 Å². The van der Waals surface area contributed by atoms with Gasteiger partial charge in [0.1, 0.15) is 11.7 Å². The smallest absolute Gasteiger partial charge is 0.148 e. The van der Waals surface area contributed by atoms with Gasteiger partial charge >= 0.3 is 0 Å². The summed E-state index contributed by atoms with van der Waals surface area (Å²) in [5.74, 6) is 0.499. The first-order chi connectivity index (χ1) is 9.06. The first-order valence-electron chi connectivity index (χ1n) is 6.43. The molecule has 5 nitrogen and oxygen atoms in total. The molecule has 0 aliphatic heterocycles. The molecule has 0 radical (unpaired) electrons. The van der Waals surface area contributed by atoms with Crippen LogP contribution < -0.4 is 10.6 Å². The summed E-state index contributed by atoms with van der Waals surface area (Å²) < 4.78 is 0. The fourth-order valence-electron chi connectivity index (χ4n) is 2.14. The number of anilines is 1. The monoisotopic (exact) mass is 284 g/mol. The summed E-state index contributed by atoms with van der Waals surface area (Å²) in [7, 11) is 0. The number of amidine groups is 1. The lowest BCUT2D eigenvalue weighted by atomic mass is 10.1. The Labute approximate surface area is 118 Å². The molecule has 0 atom stereocenters. The third-order valence-corrected chi connectivity index (χ3v) is 3.53. The van der Waals surface area contributed by atoms with Crippen LogP contribution in [-0.2, 0) is 0 Å². The zero-order chi connectivity index (χ0) is 14.4. The summed E-state index contributed by atoms with van der Waals surface area (Å²) in [5.41, 5.74) is 5.97. The SMILES string of the molecule is CCC(CC)N(CCO)c1nccc(C(=N)N)c1Cl. The summed E-state index contributed by atoms with van der Waals surface area (Å²) in [4.78, 5) is 6.27. The highest BCUT2D eigenvalue weighted by Crippen LogP contribution is 2.29. The van der Waals surface area contributed by atoms with Crippen LogP contribution in [0.4, 0.5) is 5.82 Å². The summed E-state index contributed by atoms with van der Waals surface area (Å²) >= 11 is 6.29. The molecule has 0 aromatic carbocycles. The van der Waals surface area contributed by atoms with E-state index in [9.17, 15) is 5.11 Å². The highest BCUT2D eigenvalue weighted by Gasteiger charge is 2.21. The molecular formula is C13H21ClN4O. The number of halogens is 1. The lowest BCUT2D eigenvalue weighted by Crippen LogP contribution is -2.37. The molecule has 0 spiro atoms. The topological polar surface area (TPSA) is 86.2 Å². The zero-order valence-electron chi connectivity index (χ0n) is 11.4. The first-order valence-corrected chi connectivity index (χ1v) is 6.80. The fraction of sp³-hybridized carbons (Fsp3) is 0.538. The van der Waals surface area contributed by atoms with E-state index in [2.05, 4.69) is 18.8 Å². The average Bonchev–Trinajstić information content (AvgIpc) is 2.39. The number of nitrogens with zero attached hydrogens (tertiary/aromatic N) is 2. The summed E-state index contributed by atoms with van der Waals surface area (Å²) in [6, 6.07) is 1.87. The van der Waals surface area contributed by atoms with Gasteiger partial charge in [-0.15, -0.1) is 0 Å². The lowest BCUT2D eigenvalue weighted by Gasteiger charge is -2.32. The Bertz CT molecular complexity index is 435. The van der Waals surface area contributed by atoms with Crippen molar-refractivity contribution in [2.45, 2.75) is 32.7 Å². The van der Waals surface area contributed by atoms with Crippen LogP contribution in [0, 0.1) is 5.41 Å². The van der Waals surface area contributed by atoms with Crippen molar-refractivity contribution in [3.8, 4) is 0 Å². The second-order valence-electron chi connectivity index (χ2n) is 4.30. The van der Waals surface area contributed by atoms with Gasteiger partial charge in [-0.3, -0.25) is 5.41 Å². The van der Waals surface area contributed by atoms with Gasteiger partial charge in [-0.1, -0.05) is 25.4 Å². The van der Waals surface area contributed by atoms with Crippen LogP contribution >= 0.6 is 11.6 Å². The molecule has 1 aromatic heterocycles. The van der Waals surface area contributed by atoms with E-state index in [1.807, 2.05) is 4.90 Å². The molecule has 0 aliphatic rings. The molecule has 0 amide bonds. The van der Waals surface area contributed by atoms with Crippen LogP contribution in [0.1, 0.15) is 32.3 Å². The third-order valence-electron chi connectivity index (χ3n) is 3.16. The number of rotatable bonds is 7. The minimum absolute atomic E-state index is 0.0266. The largest absolute Gasteiger partial charge is 0.395 e. The van der Waals surface area contributed by atoms with E-state index in [0.29, 0.717) is 22.9 Å². The maximum Gasteiger partial charge on any atom is 0.148 e. The zero-order valence-corrected chi connectivity index (χ0v) is 12.1. The molecule has 6 heteroatoms. The Morgan fingerprint density at radius 2 is 2.16 bits per heavy atom. The molecule has 0 saturated heterocycles. The molecule has 0 aliphatic carbocycles. The van der Waals surface area contributed by atoms with Crippen LogP contribution in [0.3, 0.4) is 0 Å². The van der Waals surface area contributed by atoms with Crippen molar-refractivity contribution >= 4 is 23.3 Å². The molecule has 19 heavy (non-hydrogen) atoms. The predicted octanol–water partition coefficient (Wildman–Crippen LogP) is 2.01. The second-order valence-corrected chi connectivity index (χ2v) is 4.68. The fourth-order valence-corrected chi connectivity index (χ4v) is 2.46. The van der Waals surface area contributed by atoms with Crippen molar-refractivity contribution in [2.24, 2.45) is 5.73 Å². The molecule has 1 aromatic rings. The van der Waals surface area contributed by atoms with Crippen molar-refractivity contribution in [2.75, 3.05) is 18.1 Å². The molecule has 4 N–H and O–H groups in total. The maximum atomic E-state index is 9.23. The number of aliphatic hydroxyl groups excluding tert-OH is 1. The Balaban J connectivity index is 3.22. The molecule has 0 fully saturated rings. The van der Waals surface area contributed by atoms with Crippen LogP contribution in [0.5, 0.6) is 0 Å². The molecular weight excluding hydrogens is 264 g/mol. The summed E-state index contributed by atoms with van der Waals surface area (Å²) in [5, 5.41) is 17.1. The van der Waals surface area contributed by atoms with Gasteiger partial charge in [0.05, 0.1) is 11.6 Å². The first kappa shape index (κ1) is 15.7. The maximum absolute atomic E-state index is 9.23. The van der Waals surface area contributed by atoms with E-state index >= 15 is 0 Å². The van der Waals surface area contributed by atoms with Gasteiger partial charge in [-0.2, -0.15) is 0 Å². The Morgan fingerprint density at radius 3 is 2.63 bits per heavy atom. The standard InChI is InChI=1S/C13H21ClN4O/c1-3-9(4-2)18(7-8-19)13-11(14)10(12(15)16)5-6-17-13/h5-6,9,19H,3-4,7-8H2,1-2H3,(H3,15,16). The van der Waals surface area contributed by atoms with Crippen molar-refractivity contribution < 1.29 is 5.11 Å². The number of aliphatic hydroxyl groups is 1. The normalized spacial score (nSPS) is 10.8. The molecule has 1 rings (SSSR count). The van der Waals surface area contributed by atoms with Crippen molar-refractivity contribution in [3.05, 3.63) is 22.8 Å². The minimum atomic E-state index is -0.0813. The van der Waals surface area contributed by atoms with E-state index in [-0.39, 0.29) is 18.5 Å². The Kier molecular flexibility index (Phi) is 6.05. The molecule has 0 unspecified atom stereocenters. The number of nitrogens with one attached hydrogen (secondary N) is 1. The predicted molar refractivity (Wildman–Crippen MR) is 79.1 cm³/mol. The van der Waals surface area contributed by atoms with Gasteiger partial charge in [0.2, 0.25) is 0 Å². The van der Waals surface area contributed by atoms with E-state index in [1.54, 1.807) is 12.3 Å². The number of pyridine rings is 1. The second kappa shape index (κ2) is 7.31. The molecule has 106 valence electrons.